The molecular weight excluding hydrogens is 372 g/mol. The first-order valence-corrected chi connectivity index (χ1v) is 11.6. The molecule has 0 bridgehead atoms. The molecule has 0 fully saturated rings. The van der Waals surface area contributed by atoms with Gasteiger partial charge in [0.05, 0.1) is 6.61 Å². The lowest BCUT2D eigenvalue weighted by Crippen LogP contribution is -2.10. The molecule has 3 nitrogen and oxygen atoms in total. The Morgan fingerprint density at radius 2 is 1.50 bits per heavy atom. The topological polar surface area (TPSA) is 35.5 Å². The van der Waals surface area contributed by atoms with Gasteiger partial charge in [0.15, 0.2) is 0 Å². The predicted octanol–water partition coefficient (Wildman–Crippen LogP) is 7.74. The Balaban J connectivity index is 1.85. The lowest BCUT2D eigenvalue weighted by molar-refractivity contribution is -0.148. The second-order valence-electron chi connectivity index (χ2n) is 8.24. The molecule has 0 aliphatic heterocycles. The molecule has 0 N–H and O–H groups in total. The van der Waals surface area contributed by atoms with Crippen LogP contribution in [0.1, 0.15) is 84.3 Å². The maximum absolute atomic E-state index is 12.1. The van der Waals surface area contributed by atoms with Crippen LogP contribution in [0.15, 0.2) is 48.5 Å². The second-order valence-corrected chi connectivity index (χ2v) is 8.24. The minimum atomic E-state index is -0.230. The van der Waals surface area contributed by atoms with Crippen LogP contribution in [0.5, 0.6) is 5.75 Å². The highest BCUT2D eigenvalue weighted by Gasteiger charge is 2.13. The number of ether oxygens (including phenoxy) is 2. The second kappa shape index (κ2) is 13.1. The van der Waals surface area contributed by atoms with Gasteiger partial charge in [-0.05, 0) is 54.5 Å². The van der Waals surface area contributed by atoms with Gasteiger partial charge < -0.3 is 9.47 Å². The van der Waals surface area contributed by atoms with E-state index in [1.165, 1.54) is 19.3 Å². The summed E-state index contributed by atoms with van der Waals surface area (Å²) in [7, 11) is 0. The molecular formula is C27H38O3. The van der Waals surface area contributed by atoms with Crippen molar-refractivity contribution in [3.8, 4) is 16.9 Å². The van der Waals surface area contributed by atoms with E-state index in [0.29, 0.717) is 12.3 Å². The molecule has 0 spiro atoms. The van der Waals surface area contributed by atoms with Gasteiger partial charge in [0.2, 0.25) is 0 Å². The molecule has 0 heterocycles. The van der Waals surface area contributed by atoms with Gasteiger partial charge >= 0.3 is 5.97 Å². The van der Waals surface area contributed by atoms with Gasteiger partial charge in [-0.2, -0.15) is 0 Å². The van der Waals surface area contributed by atoms with Crippen molar-refractivity contribution >= 4 is 5.97 Å². The standard InChI is InChI=1S/C27H38O3/c1-5-7-8-9-20-29-26-17-15-25(16-18-26)24-13-11-23(12-14-24)22(4)30-27(28)19-10-21(3)6-2/h11-18,21-22H,5-10,19-20H2,1-4H3. The van der Waals surface area contributed by atoms with E-state index in [-0.39, 0.29) is 12.1 Å². The number of hydrogen-bond donors (Lipinski definition) is 0. The summed E-state index contributed by atoms with van der Waals surface area (Å²) < 4.78 is 11.4. The highest BCUT2D eigenvalue weighted by atomic mass is 16.5. The maximum atomic E-state index is 12.1. The molecule has 164 valence electrons. The number of rotatable bonds is 13. The van der Waals surface area contributed by atoms with Crippen molar-refractivity contribution in [3.05, 3.63) is 54.1 Å². The van der Waals surface area contributed by atoms with E-state index >= 15 is 0 Å². The molecule has 0 saturated heterocycles. The SMILES string of the molecule is CCCCCCOc1ccc(-c2ccc(C(C)OC(=O)CCC(C)CC)cc2)cc1. The lowest BCUT2D eigenvalue weighted by Gasteiger charge is -2.15. The van der Waals surface area contributed by atoms with Crippen molar-refractivity contribution in [1.29, 1.82) is 0 Å². The molecule has 0 saturated carbocycles. The normalized spacial score (nSPS) is 12.9. The molecule has 3 heteroatoms. The van der Waals surface area contributed by atoms with Crippen molar-refractivity contribution in [2.75, 3.05) is 6.61 Å². The lowest BCUT2D eigenvalue weighted by atomic mass is 10.0. The molecule has 2 atom stereocenters. The Bertz CT molecular complexity index is 734. The molecule has 2 aromatic carbocycles. The molecule has 0 aromatic heterocycles. The number of benzene rings is 2. The Kier molecular flexibility index (Phi) is 10.5. The van der Waals surface area contributed by atoms with Crippen LogP contribution in [0.4, 0.5) is 0 Å². The zero-order valence-electron chi connectivity index (χ0n) is 19.2. The summed E-state index contributed by atoms with van der Waals surface area (Å²) in [4.78, 5) is 12.1. The zero-order chi connectivity index (χ0) is 21.8. The van der Waals surface area contributed by atoms with Crippen LogP contribution >= 0.6 is 0 Å². The summed E-state index contributed by atoms with van der Waals surface area (Å²) >= 11 is 0. The van der Waals surface area contributed by atoms with Crippen LogP contribution in [0.25, 0.3) is 11.1 Å². The number of unbranched alkanes of at least 4 members (excludes halogenated alkanes) is 3. The van der Waals surface area contributed by atoms with Gasteiger partial charge in [0, 0.05) is 6.42 Å². The van der Waals surface area contributed by atoms with E-state index in [2.05, 4.69) is 45.0 Å². The average molecular weight is 411 g/mol. The highest BCUT2D eigenvalue weighted by molar-refractivity contribution is 5.70. The van der Waals surface area contributed by atoms with Crippen molar-refractivity contribution < 1.29 is 14.3 Å². The third kappa shape index (κ3) is 8.22. The molecule has 0 aliphatic rings. The number of esters is 1. The number of carbonyl (C=O) groups is 1. The summed E-state index contributed by atoms with van der Waals surface area (Å²) in [5.41, 5.74) is 3.31. The summed E-state index contributed by atoms with van der Waals surface area (Å²) in [6, 6.07) is 16.5. The largest absolute Gasteiger partial charge is 0.494 e. The van der Waals surface area contributed by atoms with Crippen LogP contribution in [0.3, 0.4) is 0 Å². The van der Waals surface area contributed by atoms with Crippen LogP contribution in [-0.4, -0.2) is 12.6 Å². The summed E-state index contributed by atoms with van der Waals surface area (Å²) in [6.45, 7) is 9.25. The first-order valence-electron chi connectivity index (χ1n) is 11.6. The van der Waals surface area contributed by atoms with E-state index in [1.54, 1.807) is 0 Å². The third-order valence-electron chi connectivity index (χ3n) is 5.68. The summed E-state index contributed by atoms with van der Waals surface area (Å²) in [5.74, 6) is 1.37. The molecule has 2 rings (SSSR count). The van der Waals surface area contributed by atoms with E-state index < -0.39 is 0 Å². The zero-order valence-corrected chi connectivity index (χ0v) is 19.2. The van der Waals surface area contributed by atoms with Gasteiger partial charge in [0.25, 0.3) is 0 Å². The fraction of sp³-hybridized carbons (Fsp3) is 0.519. The highest BCUT2D eigenvalue weighted by Crippen LogP contribution is 2.26. The monoisotopic (exact) mass is 410 g/mol. The van der Waals surface area contributed by atoms with Crippen LogP contribution in [-0.2, 0) is 9.53 Å². The van der Waals surface area contributed by atoms with Gasteiger partial charge in [0.1, 0.15) is 11.9 Å². The van der Waals surface area contributed by atoms with Crippen molar-refractivity contribution in [2.45, 2.75) is 78.7 Å². The Labute approximate surface area is 182 Å². The fourth-order valence-electron chi connectivity index (χ4n) is 3.30. The maximum Gasteiger partial charge on any atom is 0.306 e. The molecule has 2 unspecified atom stereocenters. The molecule has 0 aliphatic carbocycles. The van der Waals surface area contributed by atoms with Gasteiger partial charge in [-0.1, -0.05) is 82.9 Å². The predicted molar refractivity (Wildman–Crippen MR) is 125 cm³/mol. The van der Waals surface area contributed by atoms with E-state index in [1.807, 2.05) is 31.2 Å². The quantitative estimate of drug-likeness (QED) is 0.250. The van der Waals surface area contributed by atoms with Crippen LogP contribution in [0, 0.1) is 5.92 Å². The van der Waals surface area contributed by atoms with Gasteiger partial charge in [-0.3, -0.25) is 4.79 Å². The van der Waals surface area contributed by atoms with Crippen molar-refractivity contribution in [2.24, 2.45) is 5.92 Å². The Morgan fingerprint density at radius 3 is 2.10 bits per heavy atom. The number of carbonyl (C=O) groups excluding carboxylic acids is 1. The smallest absolute Gasteiger partial charge is 0.306 e. The van der Waals surface area contributed by atoms with Crippen molar-refractivity contribution in [3.63, 3.8) is 0 Å². The average Bonchev–Trinajstić information content (AvgIpc) is 2.77. The van der Waals surface area contributed by atoms with E-state index in [0.717, 1.165) is 48.3 Å². The fourth-order valence-corrected chi connectivity index (χ4v) is 3.30. The van der Waals surface area contributed by atoms with Crippen LogP contribution in [0.2, 0.25) is 0 Å². The molecule has 30 heavy (non-hydrogen) atoms. The first-order chi connectivity index (χ1) is 14.5. The Hall–Kier alpha value is -2.29. The third-order valence-corrected chi connectivity index (χ3v) is 5.68. The summed E-state index contributed by atoms with van der Waals surface area (Å²) in [6.07, 6.45) is 7.10. The van der Waals surface area contributed by atoms with Gasteiger partial charge in [-0.25, -0.2) is 0 Å². The minimum Gasteiger partial charge on any atom is -0.494 e. The van der Waals surface area contributed by atoms with Crippen LogP contribution < -0.4 is 4.74 Å². The van der Waals surface area contributed by atoms with E-state index in [9.17, 15) is 4.79 Å². The molecule has 2 aromatic rings. The van der Waals surface area contributed by atoms with Crippen molar-refractivity contribution in [1.82, 2.24) is 0 Å². The minimum absolute atomic E-state index is 0.114. The van der Waals surface area contributed by atoms with Gasteiger partial charge in [-0.15, -0.1) is 0 Å². The Morgan fingerprint density at radius 1 is 0.867 bits per heavy atom. The first kappa shape index (κ1) is 24.0. The number of hydrogen-bond acceptors (Lipinski definition) is 3. The molecule has 0 radical (unpaired) electrons. The molecule has 0 amide bonds. The van der Waals surface area contributed by atoms with E-state index in [4.69, 9.17) is 9.47 Å². The summed E-state index contributed by atoms with van der Waals surface area (Å²) in [5, 5.41) is 0.